The summed E-state index contributed by atoms with van der Waals surface area (Å²) in [7, 11) is 1.79. The molecule has 22 heavy (non-hydrogen) atoms. The van der Waals surface area contributed by atoms with Gasteiger partial charge in [0.05, 0.1) is 7.11 Å². The van der Waals surface area contributed by atoms with E-state index in [1.807, 2.05) is 0 Å². The van der Waals surface area contributed by atoms with Crippen LogP contribution in [0, 0.1) is 11.8 Å². The Labute approximate surface area is 134 Å². The summed E-state index contributed by atoms with van der Waals surface area (Å²) in [4.78, 5) is 12.1. The van der Waals surface area contributed by atoms with E-state index in [4.69, 9.17) is 4.74 Å². The van der Waals surface area contributed by atoms with Crippen LogP contribution in [-0.4, -0.2) is 12.9 Å². The minimum atomic E-state index is 0.129. The van der Waals surface area contributed by atoms with E-state index in [2.05, 4.69) is 39.8 Å². The first-order valence-electron chi connectivity index (χ1n) is 8.63. The van der Waals surface area contributed by atoms with Crippen LogP contribution in [0.3, 0.4) is 0 Å². The molecule has 0 heterocycles. The summed E-state index contributed by atoms with van der Waals surface area (Å²) < 4.78 is 5.81. The fraction of sp³-hybridized carbons (Fsp3) is 0.650. The van der Waals surface area contributed by atoms with Crippen LogP contribution in [0.15, 0.2) is 12.1 Å². The van der Waals surface area contributed by atoms with Crippen molar-refractivity contribution in [2.75, 3.05) is 7.11 Å². The van der Waals surface area contributed by atoms with Crippen LogP contribution >= 0.6 is 0 Å². The lowest BCUT2D eigenvalue weighted by Crippen LogP contribution is -2.46. The second-order valence-corrected chi connectivity index (χ2v) is 7.69. The molecule has 0 radical (unpaired) electrons. The zero-order valence-electron chi connectivity index (χ0n) is 14.5. The summed E-state index contributed by atoms with van der Waals surface area (Å²) in [5.74, 6) is 2.70. The smallest absolute Gasteiger partial charge is 0.136 e. The van der Waals surface area contributed by atoms with E-state index in [9.17, 15) is 4.79 Å². The molecule has 0 aromatic heterocycles. The van der Waals surface area contributed by atoms with Crippen molar-refractivity contribution in [2.45, 2.75) is 64.7 Å². The molecule has 2 heteroatoms. The van der Waals surface area contributed by atoms with E-state index in [1.165, 1.54) is 16.7 Å². The van der Waals surface area contributed by atoms with E-state index >= 15 is 0 Å². The Morgan fingerprint density at radius 1 is 1.27 bits per heavy atom. The number of benzene rings is 1. The zero-order chi connectivity index (χ0) is 16.1. The van der Waals surface area contributed by atoms with Gasteiger partial charge in [-0.3, -0.25) is 4.79 Å². The van der Waals surface area contributed by atoms with Crippen LogP contribution in [0.4, 0.5) is 0 Å². The first-order chi connectivity index (χ1) is 10.4. The molecule has 3 atom stereocenters. The second-order valence-electron chi connectivity index (χ2n) is 7.69. The highest BCUT2D eigenvalue weighted by molar-refractivity contribution is 5.82. The lowest BCUT2D eigenvalue weighted by Gasteiger charge is -2.49. The lowest BCUT2D eigenvalue weighted by molar-refractivity contribution is -0.128. The number of methoxy groups -OCH3 is 1. The molecule has 1 fully saturated rings. The second kappa shape index (κ2) is 5.40. The van der Waals surface area contributed by atoms with Gasteiger partial charge >= 0.3 is 0 Å². The van der Waals surface area contributed by atoms with Crippen molar-refractivity contribution in [3.63, 3.8) is 0 Å². The summed E-state index contributed by atoms with van der Waals surface area (Å²) >= 11 is 0. The molecule has 2 aliphatic rings. The van der Waals surface area contributed by atoms with Gasteiger partial charge in [-0.2, -0.15) is 0 Å². The molecule has 1 aromatic carbocycles. The number of ketones is 1. The van der Waals surface area contributed by atoms with Crippen LogP contribution in [0.1, 0.15) is 69.6 Å². The number of carbonyl (C=O) groups is 1. The van der Waals surface area contributed by atoms with Gasteiger partial charge in [0.15, 0.2) is 0 Å². The van der Waals surface area contributed by atoms with Gasteiger partial charge in [-0.05, 0) is 53.2 Å². The molecule has 0 N–H and O–H groups in total. The highest BCUT2D eigenvalue weighted by Gasteiger charge is 2.48. The van der Waals surface area contributed by atoms with Crippen molar-refractivity contribution in [3.8, 4) is 5.75 Å². The number of rotatable bonds is 2. The number of fused-ring (bicyclic) bond motifs is 3. The molecule has 0 spiro atoms. The van der Waals surface area contributed by atoms with E-state index in [-0.39, 0.29) is 11.3 Å². The zero-order valence-corrected chi connectivity index (χ0v) is 14.5. The number of hydrogen-bond acceptors (Lipinski definition) is 2. The molecular formula is C20H28O2. The number of carbonyl (C=O) groups excluding carboxylic acids is 1. The molecule has 120 valence electrons. The van der Waals surface area contributed by atoms with E-state index < -0.39 is 0 Å². The van der Waals surface area contributed by atoms with Gasteiger partial charge in [-0.25, -0.2) is 0 Å². The SMILES string of the molecule is COc1c(C(C)C)ccc2c1CCC1[C@H](C)C(=O)CC[C@]21C. The maximum Gasteiger partial charge on any atom is 0.136 e. The molecule has 0 amide bonds. The van der Waals surface area contributed by atoms with Crippen molar-refractivity contribution in [1.29, 1.82) is 0 Å². The highest BCUT2D eigenvalue weighted by Crippen LogP contribution is 2.53. The van der Waals surface area contributed by atoms with Crippen LogP contribution in [-0.2, 0) is 16.6 Å². The quantitative estimate of drug-likeness (QED) is 0.795. The molecular weight excluding hydrogens is 272 g/mol. The number of ether oxygens (including phenoxy) is 1. The van der Waals surface area contributed by atoms with Gasteiger partial charge in [-0.1, -0.05) is 39.8 Å². The van der Waals surface area contributed by atoms with E-state index in [1.54, 1.807) is 7.11 Å². The maximum absolute atomic E-state index is 12.1. The minimum Gasteiger partial charge on any atom is -0.496 e. The Hall–Kier alpha value is -1.31. The van der Waals surface area contributed by atoms with Gasteiger partial charge in [0.2, 0.25) is 0 Å². The fourth-order valence-corrected chi connectivity index (χ4v) is 4.90. The van der Waals surface area contributed by atoms with Crippen LogP contribution in [0.5, 0.6) is 5.75 Å². The normalized spacial score (nSPS) is 30.9. The van der Waals surface area contributed by atoms with Crippen LogP contribution in [0.2, 0.25) is 0 Å². The van der Waals surface area contributed by atoms with Crippen molar-refractivity contribution in [1.82, 2.24) is 0 Å². The average Bonchev–Trinajstić information content (AvgIpc) is 2.50. The molecule has 1 unspecified atom stereocenters. The van der Waals surface area contributed by atoms with Crippen LogP contribution in [0.25, 0.3) is 0 Å². The van der Waals surface area contributed by atoms with Gasteiger partial charge in [0.1, 0.15) is 11.5 Å². The third-order valence-corrected chi connectivity index (χ3v) is 6.26. The summed E-state index contributed by atoms with van der Waals surface area (Å²) in [5, 5.41) is 0. The third-order valence-electron chi connectivity index (χ3n) is 6.26. The Morgan fingerprint density at radius 3 is 2.64 bits per heavy atom. The van der Waals surface area contributed by atoms with Crippen molar-refractivity contribution >= 4 is 5.78 Å². The Bertz CT molecular complexity index is 602. The summed E-state index contributed by atoms with van der Waals surface area (Å²) in [6.07, 6.45) is 3.85. The molecule has 3 rings (SSSR count). The summed E-state index contributed by atoms with van der Waals surface area (Å²) in [5.41, 5.74) is 4.27. The predicted octanol–water partition coefficient (Wildman–Crippen LogP) is 4.64. The van der Waals surface area contributed by atoms with Gasteiger partial charge < -0.3 is 4.74 Å². The average molecular weight is 300 g/mol. The molecule has 0 aliphatic heterocycles. The van der Waals surface area contributed by atoms with Crippen LogP contribution < -0.4 is 4.74 Å². The maximum atomic E-state index is 12.1. The van der Waals surface area contributed by atoms with Crippen molar-refractivity contribution < 1.29 is 9.53 Å². The summed E-state index contributed by atoms with van der Waals surface area (Å²) in [6.45, 7) is 8.94. The lowest BCUT2D eigenvalue weighted by atomic mass is 9.54. The number of Topliss-reactive ketones (excluding diaryl/α,β-unsaturated/α-hetero) is 1. The molecule has 1 saturated carbocycles. The van der Waals surface area contributed by atoms with Gasteiger partial charge in [0, 0.05) is 12.3 Å². The Balaban J connectivity index is 2.13. The first-order valence-corrected chi connectivity index (χ1v) is 8.63. The largest absolute Gasteiger partial charge is 0.496 e. The monoisotopic (exact) mass is 300 g/mol. The highest BCUT2D eigenvalue weighted by atomic mass is 16.5. The van der Waals surface area contributed by atoms with Crippen molar-refractivity contribution in [3.05, 3.63) is 28.8 Å². The minimum absolute atomic E-state index is 0.129. The Kier molecular flexibility index (Phi) is 3.82. The fourth-order valence-electron chi connectivity index (χ4n) is 4.90. The third kappa shape index (κ3) is 2.11. The molecule has 2 aliphatic carbocycles. The van der Waals surface area contributed by atoms with Gasteiger partial charge in [0.25, 0.3) is 0 Å². The van der Waals surface area contributed by atoms with Crippen molar-refractivity contribution in [2.24, 2.45) is 11.8 Å². The molecule has 0 saturated heterocycles. The molecule has 1 aromatic rings. The van der Waals surface area contributed by atoms with E-state index in [0.717, 1.165) is 31.4 Å². The topological polar surface area (TPSA) is 26.3 Å². The molecule has 2 nitrogen and oxygen atoms in total. The Morgan fingerprint density at radius 2 is 2.00 bits per heavy atom. The predicted molar refractivity (Wildman–Crippen MR) is 89.7 cm³/mol. The standard InChI is InChI=1S/C20H28O2/c1-12(2)14-6-9-17-15(19(14)22-5)7-8-16-13(3)18(21)10-11-20(16,17)4/h6,9,12-13,16H,7-8,10-11H2,1-5H3/t13-,16?,20-/m0/s1. The molecule has 0 bridgehead atoms. The van der Waals surface area contributed by atoms with E-state index in [0.29, 0.717) is 17.6 Å². The number of hydrogen-bond donors (Lipinski definition) is 0. The first kappa shape index (κ1) is 15.6. The van der Waals surface area contributed by atoms with Gasteiger partial charge in [-0.15, -0.1) is 0 Å². The summed E-state index contributed by atoms with van der Waals surface area (Å²) in [6, 6.07) is 4.57.